The van der Waals surface area contributed by atoms with E-state index < -0.39 is 0 Å². The van der Waals surface area contributed by atoms with Gasteiger partial charge in [0.1, 0.15) is 11.6 Å². The molecule has 2 aromatic rings. The van der Waals surface area contributed by atoms with E-state index in [1.54, 1.807) is 7.11 Å². The number of hydrogen-bond acceptors (Lipinski definition) is 7. The second-order valence-corrected chi connectivity index (χ2v) is 8.04. The van der Waals surface area contributed by atoms with E-state index in [2.05, 4.69) is 59.4 Å². The van der Waals surface area contributed by atoms with E-state index in [1.807, 2.05) is 6.92 Å². The molecule has 2 rings (SSSR count). The highest BCUT2D eigenvalue weighted by molar-refractivity contribution is 5.53. The zero-order valence-corrected chi connectivity index (χ0v) is 19.0. The van der Waals surface area contributed by atoms with Crippen LogP contribution in [0.15, 0.2) is 18.2 Å². The van der Waals surface area contributed by atoms with Gasteiger partial charge < -0.3 is 25.8 Å². The number of methoxy groups -OCH3 is 1. The SMILES string of the molecule is CCCC(CO)Nc1nc(N)nc(C)c1Cc1ccc(CCCN(C)C)cc1OC. The number of nitrogens with zero attached hydrogens (tertiary/aromatic N) is 3. The van der Waals surface area contributed by atoms with Crippen molar-refractivity contribution in [2.75, 3.05) is 45.4 Å². The van der Waals surface area contributed by atoms with Crippen molar-refractivity contribution in [3.63, 3.8) is 0 Å². The molecular weight excluding hydrogens is 378 g/mol. The lowest BCUT2D eigenvalue weighted by molar-refractivity contribution is 0.268. The second-order valence-electron chi connectivity index (χ2n) is 8.04. The minimum absolute atomic E-state index is 0.0429. The molecule has 0 saturated heterocycles. The molecule has 30 heavy (non-hydrogen) atoms. The Morgan fingerprint density at radius 1 is 1.27 bits per heavy atom. The fraction of sp³-hybridized carbons (Fsp3) is 0.565. The monoisotopic (exact) mass is 415 g/mol. The highest BCUT2D eigenvalue weighted by Crippen LogP contribution is 2.28. The number of aryl methyl sites for hydroxylation is 2. The molecule has 0 aliphatic heterocycles. The zero-order chi connectivity index (χ0) is 22.1. The zero-order valence-electron chi connectivity index (χ0n) is 19.0. The van der Waals surface area contributed by atoms with Crippen molar-refractivity contribution in [2.24, 2.45) is 0 Å². The number of hydrogen-bond donors (Lipinski definition) is 3. The van der Waals surface area contributed by atoms with Gasteiger partial charge in [-0.25, -0.2) is 4.98 Å². The first-order chi connectivity index (χ1) is 14.4. The summed E-state index contributed by atoms with van der Waals surface area (Å²) in [7, 11) is 5.89. The number of aliphatic hydroxyl groups is 1. The number of aliphatic hydroxyl groups excluding tert-OH is 1. The van der Waals surface area contributed by atoms with E-state index in [9.17, 15) is 5.11 Å². The molecule has 7 nitrogen and oxygen atoms in total. The number of anilines is 2. The highest BCUT2D eigenvalue weighted by atomic mass is 16.5. The van der Waals surface area contributed by atoms with Gasteiger partial charge in [-0.2, -0.15) is 4.98 Å². The third kappa shape index (κ3) is 6.85. The maximum absolute atomic E-state index is 9.70. The maximum Gasteiger partial charge on any atom is 0.222 e. The molecule has 0 spiro atoms. The van der Waals surface area contributed by atoms with Gasteiger partial charge in [-0.1, -0.05) is 25.5 Å². The quantitative estimate of drug-likeness (QED) is 0.490. The Morgan fingerprint density at radius 3 is 2.67 bits per heavy atom. The minimum Gasteiger partial charge on any atom is -0.496 e. The topological polar surface area (TPSA) is 96.5 Å². The van der Waals surface area contributed by atoms with E-state index in [0.29, 0.717) is 12.2 Å². The number of nitrogens with two attached hydrogens (primary N) is 1. The van der Waals surface area contributed by atoms with Gasteiger partial charge in [0.25, 0.3) is 0 Å². The van der Waals surface area contributed by atoms with Crippen molar-refractivity contribution in [1.29, 1.82) is 0 Å². The summed E-state index contributed by atoms with van der Waals surface area (Å²) in [4.78, 5) is 11.0. The van der Waals surface area contributed by atoms with Crippen molar-refractivity contribution in [2.45, 2.75) is 52.0 Å². The molecule has 4 N–H and O–H groups in total. The summed E-state index contributed by atoms with van der Waals surface area (Å²) in [6.45, 7) is 5.14. The molecular formula is C23H37N5O2. The Bertz CT molecular complexity index is 810. The Kier molecular flexibility index (Phi) is 9.33. The molecule has 0 radical (unpaired) electrons. The number of aromatic nitrogens is 2. The second kappa shape index (κ2) is 11.7. The predicted molar refractivity (Wildman–Crippen MR) is 123 cm³/mol. The molecule has 0 bridgehead atoms. The number of nitrogen functional groups attached to an aromatic ring is 1. The number of nitrogens with one attached hydrogen (secondary N) is 1. The summed E-state index contributed by atoms with van der Waals surface area (Å²) < 4.78 is 5.69. The fourth-order valence-electron chi connectivity index (χ4n) is 3.58. The van der Waals surface area contributed by atoms with Crippen molar-refractivity contribution in [1.82, 2.24) is 14.9 Å². The summed E-state index contributed by atoms with van der Waals surface area (Å²) in [6.07, 6.45) is 4.56. The molecule has 0 fully saturated rings. The van der Waals surface area contributed by atoms with Gasteiger partial charge in [0.05, 0.1) is 19.8 Å². The minimum atomic E-state index is -0.0663. The van der Waals surface area contributed by atoms with Crippen LogP contribution in [0.25, 0.3) is 0 Å². The smallest absolute Gasteiger partial charge is 0.222 e. The number of ether oxygens (including phenoxy) is 1. The van der Waals surface area contributed by atoms with Crippen LogP contribution in [0.4, 0.5) is 11.8 Å². The van der Waals surface area contributed by atoms with Gasteiger partial charge in [-0.3, -0.25) is 0 Å². The number of benzene rings is 1. The molecule has 1 unspecified atom stereocenters. The lowest BCUT2D eigenvalue weighted by Gasteiger charge is -2.20. The first-order valence-electron chi connectivity index (χ1n) is 10.7. The van der Waals surface area contributed by atoms with Gasteiger partial charge in [0.2, 0.25) is 5.95 Å². The number of rotatable bonds is 12. The van der Waals surface area contributed by atoms with Crippen LogP contribution >= 0.6 is 0 Å². The standard InChI is InChI=1S/C23H37N5O2/c1-6-8-19(15-29)26-22-20(16(2)25-23(24)27-22)14-18-11-10-17(13-21(18)30-5)9-7-12-28(3)4/h10-11,13,19,29H,6-9,12,14-15H2,1-5H3,(H3,24,25,26,27). The van der Waals surface area contributed by atoms with E-state index in [-0.39, 0.29) is 18.6 Å². The summed E-state index contributed by atoms with van der Waals surface area (Å²) in [5, 5.41) is 13.1. The average Bonchev–Trinajstić information content (AvgIpc) is 2.70. The van der Waals surface area contributed by atoms with Crippen LogP contribution in [0.1, 0.15) is 48.6 Å². The van der Waals surface area contributed by atoms with Crippen LogP contribution in [0, 0.1) is 6.92 Å². The first-order valence-corrected chi connectivity index (χ1v) is 10.7. The molecule has 166 valence electrons. The molecule has 0 amide bonds. The van der Waals surface area contributed by atoms with Crippen LogP contribution < -0.4 is 15.8 Å². The van der Waals surface area contributed by atoms with Crippen LogP contribution in [-0.4, -0.2) is 60.4 Å². The maximum atomic E-state index is 9.70. The van der Waals surface area contributed by atoms with E-state index in [0.717, 1.165) is 54.8 Å². The van der Waals surface area contributed by atoms with Gasteiger partial charge in [-0.05, 0) is 64.0 Å². The van der Waals surface area contributed by atoms with Crippen molar-refractivity contribution in [3.8, 4) is 5.75 Å². The summed E-state index contributed by atoms with van der Waals surface area (Å²) >= 11 is 0. The summed E-state index contributed by atoms with van der Waals surface area (Å²) in [6, 6.07) is 6.35. The molecule has 1 heterocycles. The van der Waals surface area contributed by atoms with Crippen LogP contribution in [0.3, 0.4) is 0 Å². The van der Waals surface area contributed by atoms with Crippen molar-refractivity contribution < 1.29 is 9.84 Å². The molecule has 1 aromatic carbocycles. The molecule has 1 atom stereocenters. The molecule has 0 aliphatic rings. The lowest BCUT2D eigenvalue weighted by atomic mass is 9.99. The van der Waals surface area contributed by atoms with Gasteiger partial charge in [0.15, 0.2) is 0 Å². The largest absolute Gasteiger partial charge is 0.496 e. The molecule has 7 heteroatoms. The average molecular weight is 416 g/mol. The van der Waals surface area contributed by atoms with Crippen molar-refractivity contribution >= 4 is 11.8 Å². The van der Waals surface area contributed by atoms with E-state index in [1.165, 1.54) is 5.56 Å². The summed E-state index contributed by atoms with van der Waals surface area (Å²) in [5.41, 5.74) is 10.0. The van der Waals surface area contributed by atoms with Crippen LogP contribution in [-0.2, 0) is 12.8 Å². The highest BCUT2D eigenvalue weighted by Gasteiger charge is 2.17. The first kappa shape index (κ1) is 23.9. The van der Waals surface area contributed by atoms with Crippen molar-refractivity contribution in [3.05, 3.63) is 40.6 Å². The predicted octanol–water partition coefficient (Wildman–Crippen LogP) is 3.03. The molecule has 0 saturated carbocycles. The Balaban J connectivity index is 2.27. The molecule has 0 aliphatic carbocycles. The van der Waals surface area contributed by atoms with Crippen LogP contribution in [0.2, 0.25) is 0 Å². The Hall–Kier alpha value is -2.38. The fourth-order valence-corrected chi connectivity index (χ4v) is 3.58. The third-order valence-electron chi connectivity index (χ3n) is 5.22. The molecule has 1 aromatic heterocycles. The van der Waals surface area contributed by atoms with E-state index >= 15 is 0 Å². The normalized spacial score (nSPS) is 12.2. The summed E-state index contributed by atoms with van der Waals surface area (Å²) in [5.74, 6) is 1.78. The van der Waals surface area contributed by atoms with E-state index in [4.69, 9.17) is 10.5 Å². The third-order valence-corrected chi connectivity index (χ3v) is 5.22. The van der Waals surface area contributed by atoms with Gasteiger partial charge >= 0.3 is 0 Å². The van der Waals surface area contributed by atoms with Gasteiger partial charge in [0, 0.05) is 17.7 Å². The van der Waals surface area contributed by atoms with Gasteiger partial charge in [-0.15, -0.1) is 0 Å². The van der Waals surface area contributed by atoms with Crippen LogP contribution in [0.5, 0.6) is 5.75 Å². The Labute approximate surface area is 180 Å². The lowest BCUT2D eigenvalue weighted by Crippen LogP contribution is -2.25. The Morgan fingerprint density at radius 2 is 2.03 bits per heavy atom.